The molecule has 0 radical (unpaired) electrons. The van der Waals surface area contributed by atoms with Crippen LogP contribution in [0.4, 0.5) is 11.4 Å². The number of amides is 1. The van der Waals surface area contributed by atoms with Crippen molar-refractivity contribution in [2.45, 2.75) is 25.7 Å². The monoisotopic (exact) mass is 472 g/mol. The van der Waals surface area contributed by atoms with E-state index in [1.165, 1.54) is 12.1 Å². The van der Waals surface area contributed by atoms with Gasteiger partial charge in [0.2, 0.25) is 5.91 Å². The first-order valence-electron chi connectivity index (χ1n) is 10.1. The molecule has 0 aliphatic rings. The Labute approximate surface area is 193 Å². The number of benzene rings is 3. The van der Waals surface area contributed by atoms with Gasteiger partial charge in [0.15, 0.2) is 0 Å². The lowest BCUT2D eigenvalue weighted by atomic mass is 10.2. The van der Waals surface area contributed by atoms with Gasteiger partial charge in [-0.1, -0.05) is 35.4 Å². The second-order valence-electron chi connectivity index (χ2n) is 7.21. The summed E-state index contributed by atoms with van der Waals surface area (Å²) in [5, 5.41) is 3.27. The fourth-order valence-electron chi connectivity index (χ4n) is 3.09. The second-order valence-corrected chi connectivity index (χ2v) is 9.48. The molecule has 0 spiro atoms. The van der Waals surface area contributed by atoms with Crippen LogP contribution in [0.5, 0.6) is 5.75 Å². The molecule has 1 amide bonds. The van der Waals surface area contributed by atoms with E-state index in [4.69, 9.17) is 16.3 Å². The molecular weight excluding hydrogens is 448 g/mol. The standard InChI is InChI=1S/C24H25ClN2O4S/c1-4-31-20-12-10-19(11-13-20)27(32(29,30)21-14-8-17(2)9-15-21)16-24(28)26-23-7-5-6-22(25)18(23)3/h5-15H,4,16H2,1-3H3,(H,26,28). The molecule has 3 aromatic rings. The van der Waals surface area contributed by atoms with Crippen LogP contribution in [0.2, 0.25) is 5.02 Å². The third-order valence-corrected chi connectivity index (χ3v) is 7.07. The molecule has 0 saturated carbocycles. The van der Waals surface area contributed by atoms with Gasteiger partial charge in [0, 0.05) is 10.7 Å². The molecule has 3 rings (SSSR count). The predicted octanol–water partition coefficient (Wildman–Crippen LogP) is 5.19. The first-order valence-corrected chi connectivity index (χ1v) is 11.9. The number of nitrogens with one attached hydrogen (secondary N) is 1. The first kappa shape index (κ1) is 23.6. The molecule has 0 aromatic heterocycles. The van der Waals surface area contributed by atoms with Gasteiger partial charge in [0.1, 0.15) is 12.3 Å². The molecule has 0 bridgehead atoms. The lowest BCUT2D eigenvalue weighted by molar-refractivity contribution is -0.114. The number of halogens is 1. The summed E-state index contributed by atoms with van der Waals surface area (Å²) in [6.45, 7) is 5.61. The molecule has 32 heavy (non-hydrogen) atoms. The van der Waals surface area contributed by atoms with E-state index < -0.39 is 22.5 Å². The van der Waals surface area contributed by atoms with Gasteiger partial charge in [-0.15, -0.1) is 0 Å². The maximum Gasteiger partial charge on any atom is 0.264 e. The molecule has 6 nitrogen and oxygen atoms in total. The maximum absolute atomic E-state index is 13.5. The summed E-state index contributed by atoms with van der Waals surface area (Å²) < 4.78 is 33.4. The molecule has 0 heterocycles. The minimum Gasteiger partial charge on any atom is -0.494 e. The Hall–Kier alpha value is -3.03. The van der Waals surface area contributed by atoms with Gasteiger partial charge in [-0.3, -0.25) is 9.10 Å². The summed E-state index contributed by atoms with van der Waals surface area (Å²) in [6.07, 6.45) is 0. The van der Waals surface area contributed by atoms with Crippen LogP contribution in [0.15, 0.2) is 71.6 Å². The Balaban J connectivity index is 1.95. The van der Waals surface area contributed by atoms with Crippen molar-refractivity contribution in [3.8, 4) is 5.75 Å². The van der Waals surface area contributed by atoms with Gasteiger partial charge in [-0.25, -0.2) is 8.42 Å². The fraction of sp³-hybridized carbons (Fsp3) is 0.208. The zero-order chi connectivity index (χ0) is 23.3. The maximum atomic E-state index is 13.5. The average Bonchev–Trinajstić information content (AvgIpc) is 2.76. The van der Waals surface area contributed by atoms with Crippen molar-refractivity contribution >= 4 is 38.9 Å². The van der Waals surface area contributed by atoms with Gasteiger partial charge >= 0.3 is 0 Å². The van der Waals surface area contributed by atoms with Crippen molar-refractivity contribution in [1.29, 1.82) is 0 Å². The molecule has 0 saturated heterocycles. The zero-order valence-corrected chi connectivity index (χ0v) is 19.7. The molecule has 1 N–H and O–H groups in total. The molecule has 0 unspecified atom stereocenters. The minimum atomic E-state index is -4.00. The van der Waals surface area contributed by atoms with Crippen LogP contribution >= 0.6 is 11.6 Å². The molecule has 0 aliphatic heterocycles. The number of aryl methyl sites for hydroxylation is 1. The molecule has 0 aliphatic carbocycles. The average molecular weight is 473 g/mol. The third-order valence-electron chi connectivity index (χ3n) is 4.87. The molecule has 0 atom stereocenters. The zero-order valence-electron chi connectivity index (χ0n) is 18.1. The number of rotatable bonds is 8. The van der Waals surface area contributed by atoms with Crippen molar-refractivity contribution in [2.24, 2.45) is 0 Å². The van der Waals surface area contributed by atoms with Gasteiger partial charge in [0.05, 0.1) is 17.2 Å². The molecule has 3 aromatic carbocycles. The summed E-state index contributed by atoms with van der Waals surface area (Å²) in [5.41, 5.74) is 2.52. The van der Waals surface area contributed by atoms with Crippen LogP contribution in [-0.4, -0.2) is 27.5 Å². The summed E-state index contributed by atoms with van der Waals surface area (Å²) in [7, 11) is -4.00. The Morgan fingerprint density at radius 3 is 2.28 bits per heavy atom. The first-order chi connectivity index (χ1) is 15.2. The molecule has 8 heteroatoms. The van der Waals surface area contributed by atoms with Crippen LogP contribution < -0.4 is 14.4 Å². The molecule has 168 valence electrons. The summed E-state index contributed by atoms with van der Waals surface area (Å²) in [4.78, 5) is 13.0. The van der Waals surface area contributed by atoms with E-state index in [1.54, 1.807) is 61.5 Å². The van der Waals surface area contributed by atoms with Crippen LogP contribution in [-0.2, 0) is 14.8 Å². The van der Waals surface area contributed by atoms with Crippen LogP contribution in [0, 0.1) is 13.8 Å². The second kappa shape index (κ2) is 10.1. The summed E-state index contributed by atoms with van der Waals surface area (Å²) in [5.74, 6) is 0.128. The number of hydrogen-bond acceptors (Lipinski definition) is 4. The Kier molecular flexibility index (Phi) is 7.43. The van der Waals surface area contributed by atoms with Crippen molar-refractivity contribution < 1.29 is 17.9 Å². The van der Waals surface area contributed by atoms with E-state index in [-0.39, 0.29) is 4.90 Å². The lowest BCUT2D eigenvalue weighted by Gasteiger charge is -2.24. The number of carbonyl (C=O) groups excluding carboxylic acids is 1. The number of anilines is 2. The highest BCUT2D eigenvalue weighted by molar-refractivity contribution is 7.92. The molecule has 0 fully saturated rings. The van der Waals surface area contributed by atoms with E-state index in [0.29, 0.717) is 34.3 Å². The topological polar surface area (TPSA) is 75.7 Å². The third kappa shape index (κ3) is 5.41. The van der Waals surface area contributed by atoms with Gasteiger partial charge in [0.25, 0.3) is 10.0 Å². The van der Waals surface area contributed by atoms with E-state index >= 15 is 0 Å². The number of carbonyl (C=O) groups is 1. The smallest absolute Gasteiger partial charge is 0.264 e. The predicted molar refractivity (Wildman–Crippen MR) is 128 cm³/mol. The van der Waals surface area contributed by atoms with Crippen LogP contribution in [0.3, 0.4) is 0 Å². The van der Waals surface area contributed by atoms with Crippen molar-refractivity contribution in [3.63, 3.8) is 0 Å². The van der Waals surface area contributed by atoms with Crippen molar-refractivity contribution in [1.82, 2.24) is 0 Å². The largest absolute Gasteiger partial charge is 0.494 e. The Morgan fingerprint density at radius 2 is 1.66 bits per heavy atom. The number of sulfonamides is 1. The van der Waals surface area contributed by atoms with Crippen molar-refractivity contribution in [3.05, 3.63) is 82.9 Å². The number of ether oxygens (including phenoxy) is 1. The van der Waals surface area contributed by atoms with Crippen LogP contribution in [0.25, 0.3) is 0 Å². The van der Waals surface area contributed by atoms with E-state index in [9.17, 15) is 13.2 Å². The van der Waals surface area contributed by atoms with Crippen LogP contribution in [0.1, 0.15) is 18.1 Å². The minimum absolute atomic E-state index is 0.101. The highest BCUT2D eigenvalue weighted by Crippen LogP contribution is 2.27. The Morgan fingerprint density at radius 1 is 1.00 bits per heavy atom. The number of hydrogen-bond donors (Lipinski definition) is 1. The van der Waals surface area contributed by atoms with E-state index in [0.717, 1.165) is 9.87 Å². The van der Waals surface area contributed by atoms with Crippen molar-refractivity contribution in [2.75, 3.05) is 22.8 Å². The van der Waals surface area contributed by atoms with Gasteiger partial charge in [-0.05, 0) is 74.9 Å². The Bertz CT molecular complexity index is 1190. The molecular formula is C24H25ClN2O4S. The highest BCUT2D eigenvalue weighted by atomic mass is 35.5. The normalized spacial score (nSPS) is 11.1. The van der Waals surface area contributed by atoms with Gasteiger partial charge < -0.3 is 10.1 Å². The highest BCUT2D eigenvalue weighted by Gasteiger charge is 2.27. The quantitative estimate of drug-likeness (QED) is 0.489. The summed E-state index contributed by atoms with van der Waals surface area (Å²) >= 11 is 6.14. The lowest BCUT2D eigenvalue weighted by Crippen LogP contribution is -2.38. The van der Waals surface area contributed by atoms with E-state index in [1.807, 2.05) is 13.8 Å². The number of nitrogens with zero attached hydrogens (tertiary/aromatic N) is 1. The van der Waals surface area contributed by atoms with E-state index in [2.05, 4.69) is 5.32 Å². The summed E-state index contributed by atoms with van der Waals surface area (Å²) in [6, 6.07) is 18.3. The van der Waals surface area contributed by atoms with Gasteiger partial charge in [-0.2, -0.15) is 0 Å². The fourth-order valence-corrected chi connectivity index (χ4v) is 4.69. The SMILES string of the molecule is CCOc1ccc(N(CC(=O)Nc2cccc(Cl)c2C)S(=O)(=O)c2ccc(C)cc2)cc1.